The van der Waals surface area contributed by atoms with Crippen LogP contribution >= 0.6 is 11.6 Å². The smallest absolute Gasteiger partial charge is 0.122 e. The molecule has 1 saturated heterocycles. The second-order valence-electron chi connectivity index (χ2n) is 8.41. The third-order valence-corrected chi connectivity index (χ3v) is 7.03. The Labute approximate surface area is 175 Å². The van der Waals surface area contributed by atoms with Crippen molar-refractivity contribution in [3.8, 4) is 0 Å². The molecule has 0 spiro atoms. The summed E-state index contributed by atoms with van der Waals surface area (Å²) in [4.78, 5) is 0. The SMILES string of the molecule is CCc1ccc(Cc2cc([C@]34C[C@](CO)(CO3)[C@H](O)[C@H](O)[C@H]4O)ccc2Cl)cc1. The van der Waals surface area contributed by atoms with Crippen LogP contribution in [0.5, 0.6) is 0 Å². The van der Waals surface area contributed by atoms with Gasteiger partial charge in [0.2, 0.25) is 0 Å². The van der Waals surface area contributed by atoms with Crippen molar-refractivity contribution in [2.24, 2.45) is 5.41 Å². The normalized spacial score (nSPS) is 33.8. The fourth-order valence-electron chi connectivity index (χ4n) is 4.73. The van der Waals surface area contributed by atoms with E-state index in [1.165, 1.54) is 5.56 Å². The van der Waals surface area contributed by atoms with Gasteiger partial charge in [-0.3, -0.25) is 0 Å². The summed E-state index contributed by atoms with van der Waals surface area (Å²) in [6, 6.07) is 13.8. The highest BCUT2D eigenvalue weighted by molar-refractivity contribution is 6.31. The van der Waals surface area contributed by atoms with Crippen molar-refractivity contribution in [3.63, 3.8) is 0 Å². The number of aliphatic hydroxyl groups is 4. The van der Waals surface area contributed by atoms with Gasteiger partial charge in [-0.1, -0.05) is 54.9 Å². The molecule has 5 atom stereocenters. The van der Waals surface area contributed by atoms with E-state index in [4.69, 9.17) is 16.3 Å². The van der Waals surface area contributed by atoms with Crippen molar-refractivity contribution >= 4 is 11.6 Å². The van der Waals surface area contributed by atoms with Crippen LogP contribution in [0.1, 0.15) is 35.6 Å². The standard InChI is InChI=1S/C23H27ClO5/c1-2-14-3-5-15(6-4-14)9-16-10-17(7-8-18(16)24)23-11-22(12-25,13-29-23)20(27)19(26)21(23)28/h3-8,10,19-21,25-28H,2,9,11-13H2,1H3/t19-,20+,21+,22-,23-/m0/s1. The molecule has 1 aliphatic carbocycles. The number of aryl methyl sites for hydroxylation is 1. The molecular formula is C23H27ClO5. The predicted molar refractivity (Wildman–Crippen MR) is 110 cm³/mol. The number of ether oxygens (including phenoxy) is 1. The Kier molecular flexibility index (Phi) is 5.49. The van der Waals surface area contributed by atoms with E-state index in [9.17, 15) is 20.4 Å². The van der Waals surface area contributed by atoms with E-state index < -0.39 is 29.3 Å². The molecule has 0 amide bonds. The van der Waals surface area contributed by atoms with E-state index in [1.807, 2.05) is 6.07 Å². The zero-order valence-corrected chi connectivity index (χ0v) is 17.1. The molecule has 2 aromatic rings. The van der Waals surface area contributed by atoms with Gasteiger partial charge in [-0.05, 0) is 47.6 Å². The number of hydrogen-bond donors (Lipinski definition) is 4. The third kappa shape index (κ3) is 3.30. The Morgan fingerprint density at radius 2 is 1.72 bits per heavy atom. The van der Waals surface area contributed by atoms with E-state index in [0.29, 0.717) is 17.0 Å². The molecular weight excluding hydrogens is 392 g/mol. The molecule has 0 radical (unpaired) electrons. The van der Waals surface area contributed by atoms with Gasteiger partial charge in [0, 0.05) is 10.4 Å². The number of benzene rings is 2. The number of aliphatic hydroxyl groups excluding tert-OH is 4. The van der Waals surface area contributed by atoms with Crippen molar-refractivity contribution in [3.05, 3.63) is 69.7 Å². The van der Waals surface area contributed by atoms with E-state index >= 15 is 0 Å². The first-order valence-electron chi connectivity index (χ1n) is 10.0. The molecule has 1 heterocycles. The molecule has 0 unspecified atom stereocenters. The molecule has 2 aliphatic rings. The number of halogens is 1. The van der Waals surface area contributed by atoms with Crippen LogP contribution in [0.25, 0.3) is 0 Å². The average Bonchev–Trinajstić information content (AvgIpc) is 3.13. The van der Waals surface area contributed by atoms with E-state index in [2.05, 4.69) is 31.2 Å². The lowest BCUT2D eigenvalue weighted by Crippen LogP contribution is -2.60. The van der Waals surface area contributed by atoms with Gasteiger partial charge >= 0.3 is 0 Å². The second-order valence-corrected chi connectivity index (χ2v) is 8.82. The molecule has 5 nitrogen and oxygen atoms in total. The highest BCUT2D eigenvalue weighted by Crippen LogP contribution is 2.55. The van der Waals surface area contributed by atoms with Crippen LogP contribution in [0.4, 0.5) is 0 Å². The summed E-state index contributed by atoms with van der Waals surface area (Å²) in [7, 11) is 0. The van der Waals surface area contributed by atoms with Crippen molar-refractivity contribution in [1.82, 2.24) is 0 Å². The Bertz CT molecular complexity index is 885. The number of rotatable bonds is 5. The zero-order chi connectivity index (χ0) is 20.8. The summed E-state index contributed by atoms with van der Waals surface area (Å²) in [5.74, 6) is 0. The summed E-state index contributed by atoms with van der Waals surface area (Å²) in [6.45, 7) is 1.85. The maximum absolute atomic E-state index is 10.8. The van der Waals surface area contributed by atoms with Crippen LogP contribution in [-0.2, 0) is 23.2 Å². The van der Waals surface area contributed by atoms with Gasteiger partial charge in [-0.25, -0.2) is 0 Å². The largest absolute Gasteiger partial charge is 0.396 e. The molecule has 2 bridgehead atoms. The van der Waals surface area contributed by atoms with Gasteiger partial charge in [0.15, 0.2) is 0 Å². The maximum Gasteiger partial charge on any atom is 0.122 e. The third-order valence-electron chi connectivity index (χ3n) is 6.66. The maximum atomic E-state index is 10.8. The molecule has 2 aromatic carbocycles. The summed E-state index contributed by atoms with van der Waals surface area (Å²) in [5.41, 5.74) is 1.79. The summed E-state index contributed by atoms with van der Waals surface area (Å²) in [6.07, 6.45) is -2.13. The van der Waals surface area contributed by atoms with Crippen LogP contribution in [-0.4, -0.2) is 52.0 Å². The van der Waals surface area contributed by atoms with Crippen molar-refractivity contribution < 1.29 is 25.2 Å². The van der Waals surface area contributed by atoms with Gasteiger partial charge in [-0.15, -0.1) is 0 Å². The van der Waals surface area contributed by atoms with Gasteiger partial charge in [0.05, 0.1) is 19.3 Å². The first kappa shape index (κ1) is 20.8. The molecule has 1 aliphatic heterocycles. The van der Waals surface area contributed by atoms with Crippen LogP contribution in [0, 0.1) is 5.41 Å². The van der Waals surface area contributed by atoms with Gasteiger partial charge in [0.25, 0.3) is 0 Å². The first-order chi connectivity index (χ1) is 13.8. The van der Waals surface area contributed by atoms with Gasteiger partial charge < -0.3 is 25.2 Å². The Morgan fingerprint density at radius 1 is 1.03 bits per heavy atom. The van der Waals surface area contributed by atoms with Crippen LogP contribution in [0.15, 0.2) is 42.5 Å². The quantitative estimate of drug-likeness (QED) is 0.597. The molecule has 4 N–H and O–H groups in total. The highest BCUT2D eigenvalue weighted by atomic mass is 35.5. The average molecular weight is 419 g/mol. The molecule has 29 heavy (non-hydrogen) atoms. The molecule has 1 saturated carbocycles. The minimum atomic E-state index is -1.40. The molecule has 4 rings (SSSR count). The lowest BCUT2D eigenvalue weighted by Gasteiger charge is -2.46. The van der Waals surface area contributed by atoms with Gasteiger partial charge in [-0.2, -0.15) is 0 Å². The Balaban J connectivity index is 1.69. The van der Waals surface area contributed by atoms with Crippen LogP contribution in [0.3, 0.4) is 0 Å². The minimum absolute atomic E-state index is 0.0647. The fraction of sp³-hybridized carbons (Fsp3) is 0.478. The van der Waals surface area contributed by atoms with Crippen molar-refractivity contribution in [2.75, 3.05) is 13.2 Å². The lowest BCUT2D eigenvalue weighted by molar-refractivity contribution is -0.188. The highest BCUT2D eigenvalue weighted by Gasteiger charge is 2.65. The Morgan fingerprint density at radius 3 is 2.38 bits per heavy atom. The van der Waals surface area contributed by atoms with Crippen molar-refractivity contribution in [2.45, 2.75) is 50.1 Å². The summed E-state index contributed by atoms with van der Waals surface area (Å²) >= 11 is 6.45. The van der Waals surface area contributed by atoms with Crippen LogP contribution < -0.4 is 0 Å². The van der Waals surface area contributed by atoms with E-state index in [0.717, 1.165) is 17.5 Å². The van der Waals surface area contributed by atoms with Crippen LogP contribution in [0.2, 0.25) is 5.02 Å². The molecule has 156 valence electrons. The first-order valence-corrected chi connectivity index (χ1v) is 10.4. The van der Waals surface area contributed by atoms with Crippen molar-refractivity contribution in [1.29, 1.82) is 0 Å². The lowest BCUT2D eigenvalue weighted by atomic mass is 9.64. The summed E-state index contributed by atoms with van der Waals surface area (Å²) in [5, 5.41) is 42.2. The minimum Gasteiger partial charge on any atom is -0.396 e. The van der Waals surface area contributed by atoms with Gasteiger partial charge in [0.1, 0.15) is 17.8 Å². The Hall–Kier alpha value is -1.47. The number of fused-ring (bicyclic) bond motifs is 2. The summed E-state index contributed by atoms with van der Waals surface area (Å²) < 4.78 is 6.00. The molecule has 6 heteroatoms. The predicted octanol–water partition coefficient (Wildman–Crippen LogP) is 2.18. The molecule has 2 fully saturated rings. The van der Waals surface area contributed by atoms with E-state index in [-0.39, 0.29) is 19.6 Å². The number of hydrogen-bond acceptors (Lipinski definition) is 5. The second kappa shape index (κ2) is 7.65. The zero-order valence-electron chi connectivity index (χ0n) is 16.4. The fourth-order valence-corrected chi connectivity index (χ4v) is 4.91. The van der Waals surface area contributed by atoms with E-state index in [1.54, 1.807) is 12.1 Å². The monoisotopic (exact) mass is 418 g/mol. The molecule has 0 aromatic heterocycles. The topological polar surface area (TPSA) is 90.2 Å².